The Bertz CT molecular complexity index is 707. The molecule has 2 aromatic heterocycles. The van der Waals surface area contributed by atoms with E-state index in [1.165, 1.54) is 6.20 Å². The number of aromatic nitrogens is 2. The third kappa shape index (κ3) is 2.40. The molecular weight excluding hydrogens is 340 g/mol. The summed E-state index contributed by atoms with van der Waals surface area (Å²) in [5.41, 5.74) is 0.983. The zero-order chi connectivity index (χ0) is 13.3. The largest absolute Gasteiger partial charge is 0.272 e. The second kappa shape index (κ2) is 4.72. The minimum absolute atomic E-state index is 0.0691. The number of nitriles is 1. The van der Waals surface area contributed by atoms with Crippen LogP contribution in [0.25, 0.3) is 0 Å². The third-order valence-corrected chi connectivity index (χ3v) is 6.06. The van der Waals surface area contributed by atoms with Crippen molar-refractivity contribution >= 4 is 43.1 Å². The molecule has 0 saturated heterocycles. The van der Waals surface area contributed by atoms with Crippen LogP contribution in [0.15, 0.2) is 20.3 Å². The van der Waals surface area contributed by atoms with Crippen molar-refractivity contribution in [2.24, 2.45) is 0 Å². The number of hydrogen-bond donors (Lipinski definition) is 2. The summed E-state index contributed by atoms with van der Waals surface area (Å²) in [5, 5.41) is 14.8. The first-order valence-corrected chi connectivity index (χ1v) is 7.75. The number of H-pyrrole nitrogens is 1. The highest BCUT2D eigenvalue weighted by Gasteiger charge is 2.20. The number of hydrogen-bond acceptors (Lipinski definition) is 5. The van der Waals surface area contributed by atoms with Crippen LogP contribution in [0.3, 0.4) is 0 Å². The summed E-state index contributed by atoms with van der Waals surface area (Å²) in [6, 6.07) is 3.39. The Hall–Kier alpha value is -1.37. The highest BCUT2D eigenvalue weighted by Crippen LogP contribution is 2.31. The first kappa shape index (κ1) is 13.1. The van der Waals surface area contributed by atoms with Crippen molar-refractivity contribution in [3.8, 4) is 6.07 Å². The number of thiophene rings is 1. The van der Waals surface area contributed by atoms with E-state index in [-0.39, 0.29) is 15.6 Å². The molecule has 0 aliphatic carbocycles. The molecular formula is C9H7BrN4O2S2. The van der Waals surface area contributed by atoms with Crippen molar-refractivity contribution in [1.29, 1.82) is 5.26 Å². The minimum Gasteiger partial charge on any atom is -0.262 e. The molecule has 0 fully saturated rings. The predicted molar refractivity (Wildman–Crippen MR) is 70.9 cm³/mol. The molecule has 0 atom stereocenters. The molecule has 2 rings (SSSR count). The molecule has 2 heterocycles. The molecule has 0 unspecified atom stereocenters. The third-order valence-electron chi connectivity index (χ3n) is 2.10. The normalized spacial score (nSPS) is 11.2. The molecule has 0 radical (unpaired) electrons. The summed E-state index contributed by atoms with van der Waals surface area (Å²) in [6.45, 7) is 1.80. The number of aryl methyl sites for hydroxylation is 1. The number of halogens is 1. The van der Waals surface area contributed by atoms with Crippen LogP contribution in [-0.4, -0.2) is 18.6 Å². The van der Waals surface area contributed by atoms with Crippen molar-refractivity contribution in [1.82, 2.24) is 10.2 Å². The predicted octanol–water partition coefficient (Wildman–Crippen LogP) is 2.21. The first-order valence-electron chi connectivity index (χ1n) is 4.66. The number of anilines is 1. The van der Waals surface area contributed by atoms with Crippen molar-refractivity contribution in [2.75, 3.05) is 4.72 Å². The van der Waals surface area contributed by atoms with E-state index in [9.17, 15) is 8.42 Å². The lowest BCUT2D eigenvalue weighted by molar-refractivity contribution is 0.603. The molecule has 0 aromatic carbocycles. The van der Waals surface area contributed by atoms with Gasteiger partial charge in [-0.2, -0.15) is 10.4 Å². The molecule has 2 N–H and O–H groups in total. The van der Waals surface area contributed by atoms with Gasteiger partial charge >= 0.3 is 0 Å². The summed E-state index contributed by atoms with van der Waals surface area (Å²) in [6.07, 6.45) is 1.26. The summed E-state index contributed by atoms with van der Waals surface area (Å²) in [5.74, 6) is 0.0691. The van der Waals surface area contributed by atoms with E-state index in [0.717, 1.165) is 20.7 Å². The van der Waals surface area contributed by atoms with E-state index in [4.69, 9.17) is 5.26 Å². The topological polar surface area (TPSA) is 98.6 Å². The van der Waals surface area contributed by atoms with Crippen molar-refractivity contribution in [3.05, 3.63) is 27.2 Å². The summed E-state index contributed by atoms with van der Waals surface area (Å²) >= 11 is 4.37. The van der Waals surface area contributed by atoms with Gasteiger partial charge in [-0.05, 0) is 34.5 Å². The van der Waals surface area contributed by atoms with E-state index in [2.05, 4.69) is 30.8 Å². The zero-order valence-corrected chi connectivity index (χ0v) is 12.3. The summed E-state index contributed by atoms with van der Waals surface area (Å²) in [4.78, 5) is 0. The second-order valence-electron chi connectivity index (χ2n) is 3.40. The fourth-order valence-corrected chi connectivity index (χ4v) is 4.46. The maximum absolute atomic E-state index is 12.1. The van der Waals surface area contributed by atoms with Gasteiger partial charge in [-0.1, -0.05) is 0 Å². The minimum atomic E-state index is -3.70. The Morgan fingerprint density at radius 2 is 2.33 bits per heavy atom. The van der Waals surface area contributed by atoms with E-state index >= 15 is 0 Å². The maximum Gasteiger partial charge on any atom is 0.272 e. The van der Waals surface area contributed by atoms with Gasteiger partial charge in [0.05, 0.1) is 9.98 Å². The maximum atomic E-state index is 12.1. The van der Waals surface area contributed by atoms with Crippen LogP contribution in [0.4, 0.5) is 5.82 Å². The molecule has 0 bridgehead atoms. The molecule has 2 aromatic rings. The number of sulfonamides is 1. The fraction of sp³-hybridized carbons (Fsp3) is 0.111. The van der Waals surface area contributed by atoms with Gasteiger partial charge in [0.15, 0.2) is 5.82 Å². The average molecular weight is 347 g/mol. The van der Waals surface area contributed by atoms with Crippen LogP contribution >= 0.6 is 27.3 Å². The van der Waals surface area contributed by atoms with Gasteiger partial charge in [0.25, 0.3) is 10.0 Å². The Morgan fingerprint density at radius 1 is 1.61 bits per heavy atom. The molecule has 18 heavy (non-hydrogen) atoms. The summed E-state index contributed by atoms with van der Waals surface area (Å²) in [7, 11) is -3.70. The van der Waals surface area contributed by atoms with Gasteiger partial charge < -0.3 is 0 Å². The highest BCUT2D eigenvalue weighted by atomic mass is 79.9. The van der Waals surface area contributed by atoms with Gasteiger partial charge in [-0.15, -0.1) is 11.3 Å². The van der Waals surface area contributed by atoms with E-state index in [0.29, 0.717) is 0 Å². The lowest BCUT2D eigenvalue weighted by Gasteiger charge is -2.03. The molecule has 0 spiro atoms. The Labute approximate surface area is 116 Å². The van der Waals surface area contributed by atoms with Gasteiger partial charge in [0.2, 0.25) is 0 Å². The van der Waals surface area contributed by atoms with Gasteiger partial charge in [-0.25, -0.2) is 8.42 Å². The zero-order valence-electron chi connectivity index (χ0n) is 9.06. The molecule has 0 amide bonds. The smallest absolute Gasteiger partial charge is 0.262 e. The van der Waals surface area contributed by atoms with Crippen molar-refractivity contribution < 1.29 is 8.42 Å². The van der Waals surface area contributed by atoms with Crippen LogP contribution < -0.4 is 4.72 Å². The van der Waals surface area contributed by atoms with Crippen LogP contribution in [-0.2, 0) is 10.0 Å². The molecule has 0 aliphatic heterocycles. The lowest BCUT2D eigenvalue weighted by atomic mass is 10.4. The van der Waals surface area contributed by atoms with Crippen LogP contribution in [0.5, 0.6) is 0 Å². The quantitative estimate of drug-likeness (QED) is 0.889. The Morgan fingerprint density at radius 3 is 2.89 bits per heavy atom. The van der Waals surface area contributed by atoms with Gasteiger partial charge in [-0.3, -0.25) is 9.82 Å². The standard InChI is InChI=1S/C9H7BrN4O2S2/c1-5-2-7(17-8(5)10)18(15,16)14-9-6(3-11)4-12-13-9/h2,4H,1H3,(H2,12,13,14). The average Bonchev–Trinajstić information content (AvgIpc) is 2.86. The SMILES string of the molecule is Cc1cc(S(=O)(=O)Nc2[nH]ncc2C#N)sc1Br. The van der Waals surface area contributed by atoms with E-state index in [1.54, 1.807) is 13.0 Å². The highest BCUT2D eigenvalue weighted by molar-refractivity contribution is 9.11. The van der Waals surface area contributed by atoms with E-state index < -0.39 is 10.0 Å². The Balaban J connectivity index is 2.36. The van der Waals surface area contributed by atoms with Crippen molar-refractivity contribution in [3.63, 3.8) is 0 Å². The molecule has 0 aliphatic rings. The van der Waals surface area contributed by atoms with Crippen molar-refractivity contribution in [2.45, 2.75) is 11.1 Å². The molecule has 0 saturated carbocycles. The number of rotatable bonds is 3. The van der Waals surface area contributed by atoms with Crippen LogP contribution in [0, 0.1) is 18.3 Å². The van der Waals surface area contributed by atoms with Crippen LogP contribution in [0.1, 0.15) is 11.1 Å². The molecule has 94 valence electrons. The Kier molecular flexibility index (Phi) is 3.43. The van der Waals surface area contributed by atoms with Gasteiger partial charge in [0, 0.05) is 0 Å². The first-order chi connectivity index (χ1) is 8.44. The number of nitrogens with zero attached hydrogens (tertiary/aromatic N) is 2. The van der Waals surface area contributed by atoms with Gasteiger partial charge in [0.1, 0.15) is 15.8 Å². The van der Waals surface area contributed by atoms with Crippen LogP contribution in [0.2, 0.25) is 0 Å². The van der Waals surface area contributed by atoms with E-state index in [1.807, 2.05) is 6.07 Å². The molecule has 6 nitrogen and oxygen atoms in total. The molecule has 9 heteroatoms. The summed E-state index contributed by atoms with van der Waals surface area (Å²) < 4.78 is 27.3. The lowest BCUT2D eigenvalue weighted by Crippen LogP contribution is -2.12. The second-order valence-corrected chi connectivity index (χ2v) is 7.68. The monoisotopic (exact) mass is 346 g/mol. The number of nitrogens with one attached hydrogen (secondary N) is 2. The fourth-order valence-electron chi connectivity index (χ4n) is 1.20. The number of aromatic amines is 1.